The van der Waals surface area contributed by atoms with E-state index < -0.39 is 0 Å². The van der Waals surface area contributed by atoms with E-state index in [9.17, 15) is 0 Å². The first-order chi connectivity index (χ1) is 6.95. The van der Waals surface area contributed by atoms with E-state index in [1.165, 1.54) is 36.9 Å². The Labute approximate surface area is 84.5 Å². The number of hydrogen-bond acceptors (Lipinski definition) is 2. The standard InChI is InChI=1S/C11H17N3/c1-2-4-9(3-1)10-7-13-14-6-5-12-8-11(10)14/h7,9,12H,1-6,8H2. The van der Waals surface area contributed by atoms with Gasteiger partial charge >= 0.3 is 0 Å². The van der Waals surface area contributed by atoms with Gasteiger partial charge in [-0.1, -0.05) is 12.8 Å². The predicted molar refractivity (Wildman–Crippen MR) is 55.1 cm³/mol. The number of hydrogen-bond donors (Lipinski definition) is 1. The van der Waals surface area contributed by atoms with Crippen LogP contribution in [0.3, 0.4) is 0 Å². The molecule has 1 fully saturated rings. The fraction of sp³-hybridized carbons (Fsp3) is 0.727. The van der Waals surface area contributed by atoms with E-state index in [0.29, 0.717) is 0 Å². The monoisotopic (exact) mass is 191 g/mol. The van der Waals surface area contributed by atoms with Crippen molar-refractivity contribution in [2.75, 3.05) is 6.54 Å². The largest absolute Gasteiger partial charge is 0.309 e. The van der Waals surface area contributed by atoms with Gasteiger partial charge in [-0.2, -0.15) is 5.10 Å². The zero-order valence-corrected chi connectivity index (χ0v) is 8.50. The summed E-state index contributed by atoms with van der Waals surface area (Å²) >= 11 is 0. The maximum atomic E-state index is 4.48. The molecule has 1 aliphatic heterocycles. The van der Waals surface area contributed by atoms with Gasteiger partial charge in [-0.15, -0.1) is 0 Å². The summed E-state index contributed by atoms with van der Waals surface area (Å²) in [5, 5.41) is 7.91. The highest BCUT2D eigenvalue weighted by Gasteiger charge is 2.23. The van der Waals surface area contributed by atoms with E-state index in [1.807, 2.05) is 0 Å². The van der Waals surface area contributed by atoms with E-state index >= 15 is 0 Å². The molecule has 0 bridgehead atoms. The zero-order chi connectivity index (χ0) is 9.38. The van der Waals surface area contributed by atoms with E-state index in [4.69, 9.17) is 0 Å². The van der Waals surface area contributed by atoms with Crippen LogP contribution in [0.5, 0.6) is 0 Å². The molecule has 2 aliphatic rings. The van der Waals surface area contributed by atoms with Crippen LogP contribution in [-0.4, -0.2) is 16.3 Å². The Morgan fingerprint density at radius 1 is 1.36 bits per heavy atom. The predicted octanol–water partition coefficient (Wildman–Crippen LogP) is 1.64. The topological polar surface area (TPSA) is 29.9 Å². The Balaban J connectivity index is 1.93. The number of fused-ring (bicyclic) bond motifs is 1. The van der Waals surface area contributed by atoms with Crippen LogP contribution >= 0.6 is 0 Å². The van der Waals surface area contributed by atoms with Crippen LogP contribution in [0.4, 0.5) is 0 Å². The molecule has 0 aromatic carbocycles. The smallest absolute Gasteiger partial charge is 0.0557 e. The third kappa shape index (κ3) is 1.27. The first-order valence-electron chi connectivity index (χ1n) is 5.70. The summed E-state index contributed by atoms with van der Waals surface area (Å²) < 4.78 is 2.18. The lowest BCUT2D eigenvalue weighted by molar-refractivity contribution is 0.471. The van der Waals surface area contributed by atoms with Crippen LogP contribution in [0.25, 0.3) is 0 Å². The van der Waals surface area contributed by atoms with E-state index in [0.717, 1.165) is 25.6 Å². The summed E-state index contributed by atoms with van der Waals surface area (Å²) in [5.74, 6) is 0.804. The fourth-order valence-electron chi connectivity index (χ4n) is 2.78. The maximum Gasteiger partial charge on any atom is 0.0557 e. The number of nitrogens with zero attached hydrogens (tertiary/aromatic N) is 2. The van der Waals surface area contributed by atoms with Crippen LogP contribution in [0, 0.1) is 0 Å². The van der Waals surface area contributed by atoms with Crippen molar-refractivity contribution in [2.24, 2.45) is 0 Å². The van der Waals surface area contributed by atoms with Gasteiger partial charge in [0.15, 0.2) is 0 Å². The summed E-state index contributed by atoms with van der Waals surface area (Å²) in [6.45, 7) is 3.13. The van der Waals surface area contributed by atoms with Crippen molar-refractivity contribution < 1.29 is 0 Å². The van der Waals surface area contributed by atoms with Crippen LogP contribution in [0.2, 0.25) is 0 Å². The summed E-state index contributed by atoms with van der Waals surface area (Å²) in [4.78, 5) is 0. The molecule has 0 atom stereocenters. The minimum Gasteiger partial charge on any atom is -0.309 e. The van der Waals surface area contributed by atoms with Crippen LogP contribution in [-0.2, 0) is 13.1 Å². The highest BCUT2D eigenvalue weighted by molar-refractivity contribution is 5.24. The number of rotatable bonds is 1. The Hall–Kier alpha value is -0.830. The van der Waals surface area contributed by atoms with E-state index in [1.54, 1.807) is 0 Å². The molecule has 14 heavy (non-hydrogen) atoms. The quantitative estimate of drug-likeness (QED) is 0.731. The van der Waals surface area contributed by atoms with Crippen molar-refractivity contribution in [3.05, 3.63) is 17.5 Å². The van der Waals surface area contributed by atoms with Gasteiger partial charge in [0.25, 0.3) is 0 Å². The minimum absolute atomic E-state index is 0.804. The zero-order valence-electron chi connectivity index (χ0n) is 8.50. The van der Waals surface area contributed by atoms with Gasteiger partial charge in [-0.05, 0) is 24.3 Å². The molecule has 0 spiro atoms. The van der Waals surface area contributed by atoms with Crippen LogP contribution in [0.1, 0.15) is 42.9 Å². The van der Waals surface area contributed by atoms with Gasteiger partial charge in [0.05, 0.1) is 18.4 Å². The molecule has 1 aromatic heterocycles. The highest BCUT2D eigenvalue weighted by atomic mass is 15.3. The lowest BCUT2D eigenvalue weighted by Gasteiger charge is -2.18. The third-order valence-electron chi connectivity index (χ3n) is 3.57. The fourth-order valence-corrected chi connectivity index (χ4v) is 2.78. The molecule has 3 nitrogen and oxygen atoms in total. The van der Waals surface area contributed by atoms with Crippen molar-refractivity contribution in [2.45, 2.75) is 44.7 Å². The highest BCUT2D eigenvalue weighted by Crippen LogP contribution is 2.35. The Morgan fingerprint density at radius 3 is 3.07 bits per heavy atom. The van der Waals surface area contributed by atoms with Crippen molar-refractivity contribution >= 4 is 0 Å². The van der Waals surface area contributed by atoms with Crippen molar-refractivity contribution in [3.63, 3.8) is 0 Å². The van der Waals surface area contributed by atoms with Crippen molar-refractivity contribution in [1.29, 1.82) is 0 Å². The lowest BCUT2D eigenvalue weighted by atomic mass is 9.98. The third-order valence-corrected chi connectivity index (χ3v) is 3.57. The summed E-state index contributed by atoms with van der Waals surface area (Å²) in [6.07, 6.45) is 7.67. The minimum atomic E-state index is 0.804. The molecule has 0 saturated heterocycles. The molecule has 0 radical (unpaired) electrons. The summed E-state index contributed by atoms with van der Waals surface area (Å²) in [7, 11) is 0. The second-order valence-electron chi connectivity index (χ2n) is 4.43. The molecular weight excluding hydrogens is 174 g/mol. The second-order valence-corrected chi connectivity index (χ2v) is 4.43. The summed E-state index contributed by atoms with van der Waals surface area (Å²) in [5.41, 5.74) is 2.97. The average molecular weight is 191 g/mol. The molecule has 2 heterocycles. The first kappa shape index (κ1) is 8.48. The van der Waals surface area contributed by atoms with E-state index in [-0.39, 0.29) is 0 Å². The van der Waals surface area contributed by atoms with Gasteiger partial charge in [0.1, 0.15) is 0 Å². The van der Waals surface area contributed by atoms with Gasteiger partial charge in [-0.3, -0.25) is 4.68 Å². The Morgan fingerprint density at radius 2 is 2.21 bits per heavy atom. The SMILES string of the molecule is c1nn2c(c1C1CCCC1)CNCC2. The van der Waals surface area contributed by atoms with Crippen molar-refractivity contribution in [3.8, 4) is 0 Å². The van der Waals surface area contributed by atoms with Gasteiger partial charge in [-0.25, -0.2) is 0 Å². The molecule has 1 N–H and O–H groups in total. The number of nitrogens with one attached hydrogen (secondary N) is 1. The average Bonchev–Trinajstić information content (AvgIpc) is 2.85. The van der Waals surface area contributed by atoms with Crippen molar-refractivity contribution in [1.82, 2.24) is 15.1 Å². The van der Waals surface area contributed by atoms with Crippen LogP contribution in [0.15, 0.2) is 6.20 Å². The second kappa shape index (κ2) is 3.39. The lowest BCUT2D eigenvalue weighted by Crippen LogP contribution is -2.29. The summed E-state index contributed by atoms with van der Waals surface area (Å²) in [6, 6.07) is 0. The number of aromatic nitrogens is 2. The molecule has 3 rings (SSSR count). The van der Waals surface area contributed by atoms with E-state index in [2.05, 4.69) is 21.3 Å². The molecule has 0 amide bonds. The van der Waals surface area contributed by atoms with Gasteiger partial charge in [0, 0.05) is 13.1 Å². The molecule has 0 unspecified atom stereocenters. The molecule has 3 heteroatoms. The Bertz CT molecular complexity index is 323. The molecule has 1 aromatic rings. The molecule has 1 saturated carbocycles. The molecule has 1 aliphatic carbocycles. The maximum absolute atomic E-state index is 4.48. The normalized spacial score (nSPS) is 22.6. The van der Waals surface area contributed by atoms with Gasteiger partial charge < -0.3 is 5.32 Å². The van der Waals surface area contributed by atoms with Crippen LogP contribution < -0.4 is 5.32 Å². The molecular formula is C11H17N3. The Kier molecular flexibility index (Phi) is 2.05. The van der Waals surface area contributed by atoms with Gasteiger partial charge in [0.2, 0.25) is 0 Å². The first-order valence-corrected chi connectivity index (χ1v) is 5.70. The molecule has 76 valence electrons.